The van der Waals surface area contributed by atoms with E-state index in [2.05, 4.69) is 27.9 Å². The summed E-state index contributed by atoms with van der Waals surface area (Å²) in [6.45, 7) is 0.563. The summed E-state index contributed by atoms with van der Waals surface area (Å²) in [4.78, 5) is 35.8. The Bertz CT molecular complexity index is 1190. The van der Waals surface area contributed by atoms with E-state index in [0.29, 0.717) is 25.8 Å². The Kier molecular flexibility index (Phi) is 7.45. The zero-order valence-electron chi connectivity index (χ0n) is 19.5. The third-order valence-corrected chi connectivity index (χ3v) is 6.10. The number of nitrogens with zero attached hydrogens (tertiary/aromatic N) is 2. The lowest BCUT2D eigenvalue weighted by atomic mass is 9.98. The molecule has 4 rings (SSSR count). The lowest BCUT2D eigenvalue weighted by Crippen LogP contribution is -2.26. The van der Waals surface area contributed by atoms with Crippen molar-refractivity contribution in [1.29, 1.82) is 0 Å². The highest BCUT2D eigenvalue weighted by molar-refractivity contribution is 6.01. The van der Waals surface area contributed by atoms with Gasteiger partial charge in [0.2, 0.25) is 0 Å². The molecule has 0 bridgehead atoms. The summed E-state index contributed by atoms with van der Waals surface area (Å²) in [5, 5.41) is 18.2. The minimum Gasteiger partial charge on any atom is -0.481 e. The Labute approximate surface area is 203 Å². The van der Waals surface area contributed by atoms with Gasteiger partial charge in [0.05, 0.1) is 6.20 Å². The van der Waals surface area contributed by atoms with Gasteiger partial charge in [-0.05, 0) is 35.1 Å². The van der Waals surface area contributed by atoms with Crippen LogP contribution >= 0.6 is 0 Å². The number of aliphatic carboxylic acids is 1. The largest absolute Gasteiger partial charge is 0.481 e. The van der Waals surface area contributed by atoms with Gasteiger partial charge >= 0.3 is 12.1 Å². The monoisotopic (exact) mass is 476 g/mol. The van der Waals surface area contributed by atoms with Gasteiger partial charge in [0.15, 0.2) is 0 Å². The van der Waals surface area contributed by atoms with Gasteiger partial charge in [-0.1, -0.05) is 55.0 Å². The molecule has 3 aromatic rings. The number of aryl methyl sites for hydroxylation is 1. The van der Waals surface area contributed by atoms with Crippen molar-refractivity contribution >= 4 is 23.8 Å². The van der Waals surface area contributed by atoms with Crippen LogP contribution in [0.4, 0.5) is 10.6 Å². The molecule has 0 saturated heterocycles. The highest BCUT2D eigenvalue weighted by Gasteiger charge is 2.29. The number of fused-ring (bicyclic) bond motifs is 3. The fourth-order valence-electron chi connectivity index (χ4n) is 4.36. The molecule has 182 valence electrons. The van der Waals surface area contributed by atoms with Crippen LogP contribution in [-0.4, -0.2) is 46.0 Å². The molecule has 0 unspecified atom stereocenters. The number of carbonyl (C=O) groups is 3. The summed E-state index contributed by atoms with van der Waals surface area (Å²) in [7, 11) is 1.63. The predicted octanol–water partition coefficient (Wildman–Crippen LogP) is 4.16. The molecular weight excluding hydrogens is 448 g/mol. The molecule has 1 aromatic heterocycles. The highest BCUT2D eigenvalue weighted by atomic mass is 16.5. The van der Waals surface area contributed by atoms with Crippen molar-refractivity contribution in [3.05, 3.63) is 71.4 Å². The van der Waals surface area contributed by atoms with Gasteiger partial charge in [-0.25, -0.2) is 4.79 Å². The fraction of sp³-hybridized carbons (Fsp3) is 0.308. The van der Waals surface area contributed by atoms with E-state index in [1.54, 1.807) is 7.05 Å². The van der Waals surface area contributed by atoms with E-state index in [0.717, 1.165) is 22.3 Å². The topological polar surface area (TPSA) is 123 Å². The zero-order chi connectivity index (χ0) is 24.8. The molecule has 35 heavy (non-hydrogen) atoms. The number of hydrogen-bond donors (Lipinski definition) is 3. The minimum absolute atomic E-state index is 0.0661. The first kappa shape index (κ1) is 24.0. The first-order chi connectivity index (χ1) is 17.0. The van der Waals surface area contributed by atoms with Gasteiger partial charge in [-0.15, -0.1) is 0 Å². The molecule has 0 radical (unpaired) electrons. The Balaban J connectivity index is 1.34. The third-order valence-electron chi connectivity index (χ3n) is 6.10. The first-order valence-corrected chi connectivity index (χ1v) is 11.6. The number of unbranched alkanes of at least 4 members (excludes halogenated alkanes) is 2. The summed E-state index contributed by atoms with van der Waals surface area (Å²) in [5.74, 6) is -1.02. The molecule has 0 spiro atoms. The summed E-state index contributed by atoms with van der Waals surface area (Å²) >= 11 is 0. The molecule has 2 aromatic carbocycles. The third kappa shape index (κ3) is 5.51. The van der Waals surface area contributed by atoms with Crippen LogP contribution in [0.5, 0.6) is 0 Å². The van der Waals surface area contributed by atoms with Crippen LogP contribution in [0.2, 0.25) is 0 Å². The second-order valence-corrected chi connectivity index (χ2v) is 8.44. The molecular formula is C26H28N4O5. The average Bonchev–Trinajstić information content (AvgIpc) is 3.37. The van der Waals surface area contributed by atoms with Crippen molar-refractivity contribution in [1.82, 2.24) is 15.1 Å². The number of carbonyl (C=O) groups excluding carboxylic acids is 2. The number of aromatic nitrogens is 2. The number of amides is 2. The number of hydrogen-bond acceptors (Lipinski definition) is 5. The molecule has 0 aliphatic heterocycles. The molecule has 9 heteroatoms. The maximum atomic E-state index is 12.7. The van der Waals surface area contributed by atoms with Crippen molar-refractivity contribution in [2.24, 2.45) is 7.05 Å². The molecule has 2 amide bonds. The summed E-state index contributed by atoms with van der Waals surface area (Å²) < 4.78 is 6.98. The second kappa shape index (κ2) is 10.9. The Morgan fingerprint density at radius 2 is 1.66 bits per heavy atom. The summed E-state index contributed by atoms with van der Waals surface area (Å²) in [6, 6.07) is 16.2. The van der Waals surface area contributed by atoms with Crippen molar-refractivity contribution in [3.8, 4) is 11.1 Å². The number of carboxylic acids is 1. The molecule has 3 N–H and O–H groups in total. The van der Waals surface area contributed by atoms with Crippen LogP contribution in [0.3, 0.4) is 0 Å². The van der Waals surface area contributed by atoms with E-state index in [1.807, 2.05) is 36.4 Å². The SMILES string of the molecule is Cn1ncc(C(=O)NCCCCCC(=O)O)c1NC(=O)OCC1c2ccccc2-c2ccccc21. The van der Waals surface area contributed by atoms with Crippen LogP contribution in [-0.2, 0) is 16.6 Å². The summed E-state index contributed by atoms with van der Waals surface area (Å²) in [6.07, 6.45) is 2.76. The molecule has 1 heterocycles. The zero-order valence-corrected chi connectivity index (χ0v) is 19.5. The average molecular weight is 477 g/mol. The van der Waals surface area contributed by atoms with Crippen molar-refractivity contribution in [3.63, 3.8) is 0 Å². The highest BCUT2D eigenvalue weighted by Crippen LogP contribution is 2.44. The smallest absolute Gasteiger partial charge is 0.412 e. The fourth-order valence-corrected chi connectivity index (χ4v) is 4.36. The first-order valence-electron chi connectivity index (χ1n) is 11.6. The standard InChI is InChI=1S/C26H28N4O5/c1-30-24(21(15-28-30)25(33)27-14-8-2-3-13-23(31)32)29-26(34)35-16-22-19-11-6-4-9-17(19)18-10-5-7-12-20(18)22/h4-7,9-12,15,22H,2-3,8,13-14,16H2,1H3,(H,27,33)(H,29,34)(H,31,32). The van der Waals surface area contributed by atoms with Crippen molar-refractivity contribution < 1.29 is 24.2 Å². The van der Waals surface area contributed by atoms with E-state index >= 15 is 0 Å². The number of nitrogens with one attached hydrogen (secondary N) is 2. The van der Waals surface area contributed by atoms with Crippen molar-refractivity contribution in [2.45, 2.75) is 31.6 Å². The normalized spacial score (nSPS) is 12.0. The predicted molar refractivity (Wildman–Crippen MR) is 130 cm³/mol. The Morgan fingerprint density at radius 3 is 2.31 bits per heavy atom. The number of benzene rings is 2. The summed E-state index contributed by atoms with van der Waals surface area (Å²) in [5.41, 5.74) is 4.75. The van der Waals surface area contributed by atoms with E-state index in [1.165, 1.54) is 10.9 Å². The van der Waals surface area contributed by atoms with Crippen LogP contribution < -0.4 is 10.6 Å². The minimum atomic E-state index is -0.826. The molecule has 0 atom stereocenters. The van der Waals surface area contributed by atoms with Crippen LogP contribution in [0.1, 0.15) is 53.1 Å². The van der Waals surface area contributed by atoms with Gasteiger partial charge in [0.25, 0.3) is 5.91 Å². The van der Waals surface area contributed by atoms with Gasteiger partial charge < -0.3 is 15.2 Å². The number of rotatable bonds is 10. The maximum Gasteiger partial charge on any atom is 0.412 e. The molecule has 1 aliphatic rings. The quantitative estimate of drug-likeness (QED) is 0.378. The van der Waals surface area contributed by atoms with E-state index in [9.17, 15) is 14.4 Å². The molecule has 1 aliphatic carbocycles. The number of carboxylic acid groups (broad SMARTS) is 1. The van der Waals surface area contributed by atoms with Crippen LogP contribution in [0, 0.1) is 0 Å². The lowest BCUT2D eigenvalue weighted by Gasteiger charge is -2.15. The van der Waals surface area contributed by atoms with Gasteiger partial charge in [0, 0.05) is 25.9 Å². The molecule has 0 fully saturated rings. The van der Waals surface area contributed by atoms with Crippen molar-refractivity contribution in [2.75, 3.05) is 18.5 Å². The molecule has 0 saturated carbocycles. The van der Waals surface area contributed by atoms with Crippen LogP contribution in [0.15, 0.2) is 54.7 Å². The van der Waals surface area contributed by atoms with Gasteiger partial charge in [-0.2, -0.15) is 5.10 Å². The maximum absolute atomic E-state index is 12.7. The van der Waals surface area contributed by atoms with E-state index in [-0.39, 0.29) is 36.2 Å². The Morgan fingerprint density at radius 1 is 1.00 bits per heavy atom. The Hall–Kier alpha value is -4.14. The van der Waals surface area contributed by atoms with Crippen LogP contribution in [0.25, 0.3) is 11.1 Å². The second-order valence-electron chi connectivity index (χ2n) is 8.44. The van der Waals surface area contributed by atoms with E-state index < -0.39 is 12.1 Å². The molecule has 9 nitrogen and oxygen atoms in total. The number of ether oxygens (including phenoxy) is 1. The number of anilines is 1. The van der Waals surface area contributed by atoms with Gasteiger partial charge in [-0.3, -0.25) is 19.6 Å². The lowest BCUT2D eigenvalue weighted by molar-refractivity contribution is -0.137. The van der Waals surface area contributed by atoms with E-state index in [4.69, 9.17) is 9.84 Å². The van der Waals surface area contributed by atoms with Gasteiger partial charge in [0.1, 0.15) is 18.0 Å².